The van der Waals surface area contributed by atoms with Gasteiger partial charge in [0, 0.05) is 32.9 Å². The predicted octanol–water partition coefficient (Wildman–Crippen LogP) is 10.7. The molecule has 0 aliphatic rings. The standard InChI is InChI=1S/C30H20N2.2C3H8/c1-5-16-27-23(12-1)24-13-2-6-17-28(24)31(27)21-10-9-11-22(20-21)32-29-18-7-3-14-25(29)26-15-4-8-19-30(26)32;2*1-3-2/h1-20H;2*3H2,1-2H3. The van der Waals surface area contributed by atoms with Gasteiger partial charge in [0.05, 0.1) is 22.1 Å². The van der Waals surface area contributed by atoms with E-state index in [9.17, 15) is 0 Å². The van der Waals surface area contributed by atoms with Gasteiger partial charge in [-0.15, -0.1) is 0 Å². The molecule has 0 N–H and O–H groups in total. The fraction of sp³-hybridized carbons (Fsp3) is 0.167. The molecule has 2 nitrogen and oxygen atoms in total. The molecule has 0 spiro atoms. The second-order valence-corrected chi connectivity index (χ2v) is 9.67. The van der Waals surface area contributed by atoms with Crippen LogP contribution in [-0.2, 0) is 0 Å². The number of para-hydroxylation sites is 4. The monoisotopic (exact) mass is 496 g/mol. The minimum atomic E-state index is 1.17. The van der Waals surface area contributed by atoms with E-state index in [4.69, 9.17) is 0 Å². The minimum absolute atomic E-state index is 1.17. The molecule has 0 radical (unpaired) electrons. The molecule has 2 heterocycles. The van der Waals surface area contributed by atoms with E-state index in [0.717, 1.165) is 0 Å². The Balaban J connectivity index is 0.000000451. The summed E-state index contributed by atoms with van der Waals surface area (Å²) < 4.78 is 4.75. The van der Waals surface area contributed by atoms with Crippen LogP contribution in [-0.4, -0.2) is 9.13 Å². The van der Waals surface area contributed by atoms with Gasteiger partial charge in [0.1, 0.15) is 0 Å². The Bertz CT molecular complexity index is 1580. The quantitative estimate of drug-likeness (QED) is 0.225. The summed E-state index contributed by atoms with van der Waals surface area (Å²) in [6.45, 7) is 8.50. The van der Waals surface area contributed by atoms with Crippen molar-refractivity contribution in [2.75, 3.05) is 0 Å². The van der Waals surface area contributed by atoms with Crippen molar-refractivity contribution < 1.29 is 0 Å². The van der Waals surface area contributed by atoms with Crippen LogP contribution < -0.4 is 0 Å². The van der Waals surface area contributed by atoms with E-state index in [1.165, 1.54) is 67.8 Å². The molecule has 0 aliphatic carbocycles. The Kier molecular flexibility index (Phi) is 7.60. The van der Waals surface area contributed by atoms with Crippen molar-refractivity contribution in [2.24, 2.45) is 0 Å². The van der Waals surface area contributed by atoms with Crippen LogP contribution in [0.15, 0.2) is 121 Å². The van der Waals surface area contributed by atoms with Gasteiger partial charge in [0.15, 0.2) is 0 Å². The maximum atomic E-state index is 2.38. The fourth-order valence-electron chi connectivity index (χ4n) is 5.17. The van der Waals surface area contributed by atoms with Crippen molar-refractivity contribution in [3.05, 3.63) is 121 Å². The van der Waals surface area contributed by atoms with Crippen LogP contribution in [0, 0.1) is 0 Å². The zero-order valence-corrected chi connectivity index (χ0v) is 22.9. The third-order valence-electron chi connectivity index (χ3n) is 6.51. The van der Waals surface area contributed by atoms with E-state index in [0.29, 0.717) is 0 Å². The predicted molar refractivity (Wildman–Crippen MR) is 167 cm³/mol. The first-order valence-corrected chi connectivity index (χ1v) is 13.8. The first-order valence-electron chi connectivity index (χ1n) is 13.8. The van der Waals surface area contributed by atoms with Gasteiger partial charge >= 0.3 is 0 Å². The van der Waals surface area contributed by atoms with Crippen LogP contribution in [0.3, 0.4) is 0 Å². The van der Waals surface area contributed by atoms with Crippen molar-refractivity contribution in [2.45, 2.75) is 40.5 Å². The number of aromatic nitrogens is 2. The number of rotatable bonds is 2. The third kappa shape index (κ3) is 4.48. The molecular weight excluding hydrogens is 460 g/mol. The van der Waals surface area contributed by atoms with Crippen molar-refractivity contribution in [3.63, 3.8) is 0 Å². The summed E-state index contributed by atoms with van der Waals surface area (Å²) in [4.78, 5) is 0. The summed E-state index contributed by atoms with van der Waals surface area (Å²) in [7, 11) is 0. The molecular formula is C36H36N2. The molecule has 2 heteroatoms. The van der Waals surface area contributed by atoms with E-state index in [1.807, 2.05) is 0 Å². The smallest absolute Gasteiger partial charge is 0.0541 e. The van der Waals surface area contributed by atoms with E-state index in [-0.39, 0.29) is 0 Å². The number of benzene rings is 5. The van der Waals surface area contributed by atoms with Crippen molar-refractivity contribution >= 4 is 43.6 Å². The van der Waals surface area contributed by atoms with E-state index < -0.39 is 0 Å². The Morgan fingerprint density at radius 2 is 0.632 bits per heavy atom. The topological polar surface area (TPSA) is 9.86 Å². The second-order valence-electron chi connectivity index (χ2n) is 9.67. The number of hydrogen-bond acceptors (Lipinski definition) is 0. The fourth-order valence-corrected chi connectivity index (χ4v) is 5.17. The van der Waals surface area contributed by atoms with Gasteiger partial charge in [0.25, 0.3) is 0 Å². The highest BCUT2D eigenvalue weighted by Gasteiger charge is 2.14. The summed E-state index contributed by atoms with van der Waals surface area (Å²) in [5, 5.41) is 5.13. The van der Waals surface area contributed by atoms with Crippen molar-refractivity contribution in [3.8, 4) is 11.4 Å². The first kappa shape index (κ1) is 25.4. The Morgan fingerprint density at radius 3 is 0.921 bits per heavy atom. The molecule has 0 saturated heterocycles. The van der Waals surface area contributed by atoms with Gasteiger partial charge in [-0.2, -0.15) is 0 Å². The normalized spacial score (nSPS) is 10.8. The summed E-state index contributed by atoms with van der Waals surface area (Å²) in [5.41, 5.74) is 7.26. The maximum Gasteiger partial charge on any atom is 0.0541 e. The van der Waals surface area contributed by atoms with Crippen LogP contribution >= 0.6 is 0 Å². The molecule has 0 atom stereocenters. The SMILES string of the molecule is CCC.CCC.c1cc(-n2c3ccccc3c3ccccc32)cc(-n2c3ccccc3c3ccccc32)c1. The lowest BCUT2D eigenvalue weighted by Crippen LogP contribution is -1.98. The first-order chi connectivity index (χ1) is 18.7. The van der Waals surface area contributed by atoms with Gasteiger partial charge < -0.3 is 9.13 Å². The minimum Gasteiger partial charge on any atom is -0.309 e. The van der Waals surface area contributed by atoms with E-state index in [2.05, 4.69) is 158 Å². The van der Waals surface area contributed by atoms with Gasteiger partial charge in [-0.25, -0.2) is 0 Å². The molecule has 0 bridgehead atoms. The Labute approximate surface area is 225 Å². The van der Waals surface area contributed by atoms with Crippen molar-refractivity contribution in [1.29, 1.82) is 0 Å². The molecule has 2 aromatic heterocycles. The lowest BCUT2D eigenvalue weighted by Gasteiger charge is -2.12. The lowest BCUT2D eigenvalue weighted by molar-refractivity contribution is 1.09. The molecule has 0 unspecified atom stereocenters. The summed E-state index contributed by atoms with van der Waals surface area (Å²) in [6, 6.07) is 43.5. The van der Waals surface area contributed by atoms with E-state index in [1.54, 1.807) is 0 Å². The molecule has 0 fully saturated rings. The van der Waals surface area contributed by atoms with Crippen molar-refractivity contribution in [1.82, 2.24) is 9.13 Å². The van der Waals surface area contributed by atoms with Crippen LogP contribution in [0.1, 0.15) is 40.5 Å². The van der Waals surface area contributed by atoms with Gasteiger partial charge in [-0.3, -0.25) is 0 Å². The maximum absolute atomic E-state index is 2.38. The number of nitrogens with zero attached hydrogens (tertiary/aromatic N) is 2. The second kappa shape index (κ2) is 11.4. The Morgan fingerprint density at radius 1 is 0.368 bits per heavy atom. The van der Waals surface area contributed by atoms with Crippen LogP contribution in [0.25, 0.3) is 55.0 Å². The van der Waals surface area contributed by atoms with Gasteiger partial charge in [-0.1, -0.05) is 119 Å². The van der Waals surface area contributed by atoms with Gasteiger partial charge in [0.2, 0.25) is 0 Å². The summed E-state index contributed by atoms with van der Waals surface area (Å²) >= 11 is 0. The zero-order valence-electron chi connectivity index (χ0n) is 22.9. The summed E-state index contributed by atoms with van der Waals surface area (Å²) in [5.74, 6) is 0. The molecule has 0 saturated carbocycles. The van der Waals surface area contributed by atoms with E-state index >= 15 is 0 Å². The molecule has 5 aromatic carbocycles. The van der Waals surface area contributed by atoms with Crippen LogP contribution in [0.5, 0.6) is 0 Å². The molecule has 7 aromatic rings. The van der Waals surface area contributed by atoms with Crippen LogP contribution in [0.2, 0.25) is 0 Å². The highest BCUT2D eigenvalue weighted by atomic mass is 15.0. The zero-order chi connectivity index (χ0) is 26.5. The molecule has 38 heavy (non-hydrogen) atoms. The number of fused-ring (bicyclic) bond motifs is 6. The van der Waals surface area contributed by atoms with Crippen LogP contribution in [0.4, 0.5) is 0 Å². The summed E-state index contributed by atoms with van der Waals surface area (Å²) in [6.07, 6.45) is 2.50. The lowest BCUT2D eigenvalue weighted by atomic mass is 10.2. The molecule has 190 valence electrons. The molecule has 0 aliphatic heterocycles. The van der Waals surface area contributed by atoms with Gasteiger partial charge in [-0.05, 0) is 42.5 Å². The average Bonchev–Trinajstić information content (AvgIpc) is 3.47. The third-order valence-corrected chi connectivity index (χ3v) is 6.51. The molecule has 0 amide bonds. The Hall–Kier alpha value is -4.30. The number of hydrogen-bond donors (Lipinski definition) is 0. The largest absolute Gasteiger partial charge is 0.309 e. The highest BCUT2D eigenvalue weighted by molar-refractivity contribution is 6.10. The average molecular weight is 497 g/mol. The molecule has 7 rings (SSSR count). The highest BCUT2D eigenvalue weighted by Crippen LogP contribution is 2.35.